The van der Waals surface area contributed by atoms with E-state index in [2.05, 4.69) is 10.6 Å². The van der Waals surface area contributed by atoms with Crippen LogP contribution in [0.25, 0.3) is 0 Å². The highest BCUT2D eigenvalue weighted by atomic mass is 31.2. The van der Waals surface area contributed by atoms with Crippen molar-refractivity contribution in [2.75, 3.05) is 23.8 Å². The molecule has 0 fully saturated rings. The molecule has 0 bridgehead atoms. The smallest absolute Gasteiger partial charge is 0.326 e. The fourth-order valence-corrected chi connectivity index (χ4v) is 7.24. The van der Waals surface area contributed by atoms with Gasteiger partial charge >= 0.3 is 15.2 Å². The topological polar surface area (TPSA) is 151 Å². The normalized spacial score (nSPS) is 11.8. The molecule has 12 heteroatoms. The van der Waals surface area contributed by atoms with Gasteiger partial charge in [-0.3, -0.25) is 18.7 Å². The van der Waals surface area contributed by atoms with Gasteiger partial charge in [-0.05, 0) is 75.2 Å². The Kier molecular flexibility index (Phi) is 19.3. The number of carbonyl (C=O) groups excluding carboxylic acids is 2. The van der Waals surface area contributed by atoms with E-state index in [0.717, 1.165) is 38.5 Å². The van der Waals surface area contributed by atoms with Gasteiger partial charge in [-0.15, -0.1) is 0 Å². The van der Waals surface area contributed by atoms with E-state index in [0.29, 0.717) is 42.7 Å². The summed E-state index contributed by atoms with van der Waals surface area (Å²) in [5.41, 5.74) is 1.21. The molecule has 0 spiro atoms. The second-order valence-electron chi connectivity index (χ2n) is 11.5. The summed E-state index contributed by atoms with van der Waals surface area (Å²) in [5.74, 6) is -0.0917. The molecule has 0 radical (unpaired) electrons. The Morgan fingerprint density at radius 2 is 0.848 bits per heavy atom. The number of rotatable bonds is 25. The van der Waals surface area contributed by atoms with E-state index in [1.807, 2.05) is 0 Å². The number of hydrogen-bond donors (Lipinski definition) is 4. The molecule has 4 N–H and O–H groups in total. The summed E-state index contributed by atoms with van der Waals surface area (Å²) in [6.07, 6.45) is 16.9. The highest BCUT2D eigenvalue weighted by Gasteiger charge is 2.26. The molecule has 0 saturated heterocycles. The Hall–Kier alpha value is -2.32. The standard InChI is InChI=1S/C34H54N2O8P2/c1-3-43-46(42,44-4-2)32-27-23-30(24-28-32)36-34(38)20-18-16-14-12-10-8-6-5-7-9-11-13-15-17-19-33(37)35-29-21-25-31(26-22-29)45(39,40)41/h21-28H,3-20H2,1-2H3,(H,35,37)(H,36,38)(H2,39,40,41). The first-order valence-corrected chi connectivity index (χ1v) is 20.0. The van der Waals surface area contributed by atoms with Crippen LogP contribution in [-0.2, 0) is 27.8 Å². The number of amides is 2. The van der Waals surface area contributed by atoms with Crippen molar-refractivity contribution in [1.82, 2.24) is 0 Å². The molecule has 0 aliphatic carbocycles. The second-order valence-corrected chi connectivity index (χ2v) is 15.1. The van der Waals surface area contributed by atoms with Gasteiger partial charge in [-0.25, -0.2) is 0 Å². The first-order valence-electron chi connectivity index (χ1n) is 16.8. The maximum Gasteiger partial charge on any atom is 0.361 e. The molecular formula is C34H54N2O8P2. The van der Waals surface area contributed by atoms with Crippen molar-refractivity contribution in [2.45, 2.75) is 117 Å². The van der Waals surface area contributed by atoms with Crippen molar-refractivity contribution >= 4 is 49.0 Å². The van der Waals surface area contributed by atoms with E-state index in [1.165, 1.54) is 75.6 Å². The van der Waals surface area contributed by atoms with Gasteiger partial charge in [0.1, 0.15) is 0 Å². The zero-order valence-electron chi connectivity index (χ0n) is 27.6. The minimum atomic E-state index is -4.27. The van der Waals surface area contributed by atoms with Gasteiger partial charge in [-0.1, -0.05) is 77.0 Å². The summed E-state index contributed by atoms with van der Waals surface area (Å²) < 4.78 is 34.8. The summed E-state index contributed by atoms with van der Waals surface area (Å²) in [5, 5.41) is 6.10. The lowest BCUT2D eigenvalue weighted by molar-refractivity contribution is -0.117. The van der Waals surface area contributed by atoms with Crippen LogP contribution in [0, 0.1) is 0 Å². The molecule has 10 nitrogen and oxygen atoms in total. The average Bonchev–Trinajstić information content (AvgIpc) is 3.01. The van der Waals surface area contributed by atoms with Crippen LogP contribution in [0.4, 0.5) is 11.4 Å². The van der Waals surface area contributed by atoms with Gasteiger partial charge in [0.05, 0.1) is 23.8 Å². The quantitative estimate of drug-likeness (QED) is 0.0605. The zero-order valence-corrected chi connectivity index (χ0v) is 29.4. The molecule has 0 saturated carbocycles. The third-order valence-corrected chi connectivity index (χ3v) is 10.7. The van der Waals surface area contributed by atoms with E-state index >= 15 is 0 Å². The minimum absolute atomic E-state index is 0.0118. The third kappa shape index (κ3) is 16.5. The molecule has 2 aromatic carbocycles. The van der Waals surface area contributed by atoms with Crippen LogP contribution in [0.5, 0.6) is 0 Å². The molecule has 0 atom stereocenters. The number of nitrogens with one attached hydrogen (secondary N) is 2. The van der Waals surface area contributed by atoms with Gasteiger partial charge in [0, 0.05) is 24.2 Å². The van der Waals surface area contributed by atoms with Gasteiger partial charge in [0.25, 0.3) is 0 Å². The number of unbranched alkanes of at least 4 members (excludes halogenated alkanes) is 13. The summed E-state index contributed by atoms with van der Waals surface area (Å²) in [6.45, 7) is 4.13. The third-order valence-electron chi connectivity index (χ3n) is 7.61. The zero-order chi connectivity index (χ0) is 33.7. The summed E-state index contributed by atoms with van der Waals surface area (Å²) in [6, 6.07) is 12.5. The van der Waals surface area contributed by atoms with Crippen LogP contribution >= 0.6 is 15.2 Å². The lowest BCUT2D eigenvalue weighted by Crippen LogP contribution is -2.13. The Morgan fingerprint density at radius 1 is 0.543 bits per heavy atom. The van der Waals surface area contributed by atoms with Crippen molar-refractivity contribution in [2.24, 2.45) is 0 Å². The van der Waals surface area contributed by atoms with Crippen LogP contribution in [0.15, 0.2) is 48.5 Å². The van der Waals surface area contributed by atoms with Gasteiger partial charge in [0.15, 0.2) is 0 Å². The van der Waals surface area contributed by atoms with E-state index < -0.39 is 15.2 Å². The van der Waals surface area contributed by atoms with Crippen molar-refractivity contribution in [3.8, 4) is 0 Å². The molecule has 0 unspecified atom stereocenters. The van der Waals surface area contributed by atoms with Gasteiger partial charge in [-0.2, -0.15) is 0 Å². The molecule has 2 rings (SSSR count). The maximum atomic E-state index is 12.8. The largest absolute Gasteiger partial charge is 0.361 e. The predicted molar refractivity (Wildman–Crippen MR) is 186 cm³/mol. The van der Waals surface area contributed by atoms with Crippen LogP contribution < -0.4 is 21.2 Å². The van der Waals surface area contributed by atoms with E-state index in [9.17, 15) is 18.7 Å². The minimum Gasteiger partial charge on any atom is -0.326 e. The number of benzene rings is 2. The highest BCUT2D eigenvalue weighted by Crippen LogP contribution is 2.46. The lowest BCUT2D eigenvalue weighted by Gasteiger charge is -2.17. The van der Waals surface area contributed by atoms with Crippen molar-refractivity contribution in [1.29, 1.82) is 0 Å². The molecule has 2 aromatic rings. The maximum absolute atomic E-state index is 12.8. The molecule has 258 valence electrons. The summed E-state index contributed by atoms with van der Waals surface area (Å²) in [7, 11) is -7.59. The van der Waals surface area contributed by atoms with Crippen LogP contribution in [0.2, 0.25) is 0 Å². The fraction of sp³-hybridized carbons (Fsp3) is 0.588. The average molecular weight is 681 g/mol. The lowest BCUT2D eigenvalue weighted by atomic mass is 10.0. The first-order chi connectivity index (χ1) is 22.1. The predicted octanol–water partition coefficient (Wildman–Crippen LogP) is 8.20. The van der Waals surface area contributed by atoms with Crippen LogP contribution in [0.1, 0.15) is 117 Å². The highest BCUT2D eigenvalue weighted by molar-refractivity contribution is 7.62. The van der Waals surface area contributed by atoms with E-state index in [4.69, 9.17) is 18.8 Å². The number of hydrogen-bond acceptors (Lipinski definition) is 6. The Balaban J connectivity index is 1.39. The summed E-state index contributed by atoms with van der Waals surface area (Å²) in [4.78, 5) is 42.7. The Labute approximate surface area is 275 Å². The molecular weight excluding hydrogens is 626 g/mol. The van der Waals surface area contributed by atoms with Crippen molar-refractivity contribution in [3.05, 3.63) is 48.5 Å². The van der Waals surface area contributed by atoms with Crippen molar-refractivity contribution < 1.29 is 37.6 Å². The van der Waals surface area contributed by atoms with Gasteiger partial charge < -0.3 is 29.5 Å². The van der Waals surface area contributed by atoms with Gasteiger partial charge in [0.2, 0.25) is 11.8 Å². The molecule has 0 aliphatic heterocycles. The fourth-order valence-electron chi connectivity index (χ4n) is 5.13. The Morgan fingerprint density at radius 3 is 1.15 bits per heavy atom. The molecule has 0 heterocycles. The van der Waals surface area contributed by atoms with Crippen molar-refractivity contribution in [3.63, 3.8) is 0 Å². The Bertz CT molecular complexity index is 1240. The monoisotopic (exact) mass is 680 g/mol. The van der Waals surface area contributed by atoms with Crippen LogP contribution in [0.3, 0.4) is 0 Å². The molecule has 46 heavy (non-hydrogen) atoms. The SMILES string of the molecule is CCOP(=O)(OCC)c1ccc(NC(=O)CCCCCCCCCCCCCCCCC(=O)Nc2ccc(P(=O)(O)O)cc2)cc1. The van der Waals surface area contributed by atoms with Crippen LogP contribution in [-0.4, -0.2) is 34.8 Å². The van der Waals surface area contributed by atoms with E-state index in [-0.39, 0.29) is 17.1 Å². The molecule has 0 aromatic heterocycles. The summed E-state index contributed by atoms with van der Waals surface area (Å²) >= 11 is 0. The molecule has 0 aliphatic rings. The second kappa shape index (κ2) is 22.3. The molecule has 2 amide bonds. The number of anilines is 2. The first kappa shape index (κ1) is 39.9. The number of carbonyl (C=O) groups is 2. The van der Waals surface area contributed by atoms with E-state index in [1.54, 1.807) is 38.1 Å².